The number of fused-ring (bicyclic) bond motifs is 1. The van der Waals surface area contributed by atoms with Gasteiger partial charge in [-0.25, -0.2) is 0 Å². The number of nitrogens with one attached hydrogen (secondary N) is 1. The average molecular weight is 835 g/mol. The fraction of sp³-hybridized carbons (Fsp3) is 0.549. The number of aliphatic hydroxyl groups excluding tert-OH is 4. The highest BCUT2D eigenvalue weighted by atomic mass is 16.5. The van der Waals surface area contributed by atoms with E-state index in [1.54, 1.807) is 13.0 Å². The van der Waals surface area contributed by atoms with E-state index < -0.39 is 18.3 Å². The van der Waals surface area contributed by atoms with Crippen molar-refractivity contribution < 1.29 is 35.0 Å². The van der Waals surface area contributed by atoms with Crippen LogP contribution in [0.2, 0.25) is 0 Å². The zero-order chi connectivity index (χ0) is 42.5. The van der Waals surface area contributed by atoms with Crippen molar-refractivity contribution in [2.75, 3.05) is 26.3 Å². The molecule has 1 unspecified atom stereocenters. The van der Waals surface area contributed by atoms with Gasteiger partial charge in [0.05, 0.1) is 36.2 Å². The molecule has 2 heterocycles. The first-order chi connectivity index (χ1) is 29.6. The molecule has 2 fully saturated rings. The number of nitrogens with two attached hydrogens (primary N) is 1. The predicted octanol–water partition coefficient (Wildman–Crippen LogP) is 6.74. The van der Waals surface area contributed by atoms with Crippen molar-refractivity contribution in [3.05, 3.63) is 113 Å². The molecule has 10 heteroatoms. The summed E-state index contributed by atoms with van der Waals surface area (Å²) in [5.41, 5.74) is 12.9. The molecule has 2 aromatic rings. The summed E-state index contributed by atoms with van der Waals surface area (Å²) < 4.78 is 11.1. The van der Waals surface area contributed by atoms with Gasteiger partial charge in [0.2, 0.25) is 0 Å². The zero-order valence-corrected chi connectivity index (χ0v) is 35.8. The van der Waals surface area contributed by atoms with E-state index in [1.807, 2.05) is 42.5 Å². The molecule has 10 atom stereocenters. The first kappa shape index (κ1) is 43.8. The summed E-state index contributed by atoms with van der Waals surface area (Å²) >= 11 is 0. The lowest BCUT2D eigenvalue weighted by Gasteiger charge is -2.39. The molecule has 61 heavy (non-hydrogen) atoms. The van der Waals surface area contributed by atoms with Crippen LogP contribution < -0.4 is 15.8 Å². The Balaban J connectivity index is 0.770. The van der Waals surface area contributed by atoms with Crippen molar-refractivity contribution in [2.24, 2.45) is 39.8 Å². The summed E-state index contributed by atoms with van der Waals surface area (Å²) in [5, 5.41) is 56.6. The minimum atomic E-state index is -0.956. The number of ether oxygens (including phenoxy) is 2. The standard InChI is InChI=1S/C51H67N3O7/c1-32(56)28-53-29-43-42-27-44(54-49(42)35-20-22-51(43)21-8-10-38(51)24-35)46(58)31-60-48-23-33(15-19-45(48)57)14-18-40-26-37(30-55)47(61-40)13-5-3-2-4-11-39(52)25-36-17-16-34-9-6-7-12-41(34)50(36)59/h6-7,9,12,15-17,19-20,22-23,26-27,32,35-36,38-39,43,46-47,50,53,55-56,58-59,61H,2-5,8,10-11,13-14,18,21,24-25,28-31,52H2,1H3/p+1/t32-,35-,36-,38+,39-,43-,46-,47?,50-,51+/m0/s1. The van der Waals surface area contributed by atoms with Crippen LogP contribution in [0.5, 0.6) is 11.5 Å². The van der Waals surface area contributed by atoms with Gasteiger partial charge in [-0.2, -0.15) is 0 Å². The molecule has 2 aliphatic heterocycles. The van der Waals surface area contributed by atoms with Crippen LogP contribution in [-0.4, -0.2) is 86.6 Å². The molecule has 0 saturated heterocycles. The molecular weight excluding hydrogens is 767 g/mol. The van der Waals surface area contributed by atoms with Gasteiger partial charge in [0.25, 0.3) is 0 Å². The Morgan fingerprint density at radius 2 is 1.97 bits per heavy atom. The second-order valence-corrected chi connectivity index (χ2v) is 18.7. The fourth-order valence-corrected chi connectivity index (χ4v) is 11.2. The van der Waals surface area contributed by atoms with E-state index in [2.05, 4.69) is 35.7 Å². The van der Waals surface area contributed by atoms with Crippen LogP contribution in [0.3, 0.4) is 0 Å². The second-order valence-electron chi connectivity index (χ2n) is 18.7. The number of hydrogen-bond donors (Lipinski definition) is 7. The summed E-state index contributed by atoms with van der Waals surface area (Å²) in [6.07, 6.45) is 25.2. The molecule has 9 rings (SSSR count). The minimum absolute atomic E-state index is 0.00149. The number of rotatable bonds is 21. The summed E-state index contributed by atoms with van der Waals surface area (Å²) in [7, 11) is 0. The average Bonchev–Trinajstić information content (AvgIpc) is 3.98. The van der Waals surface area contributed by atoms with E-state index in [-0.39, 0.29) is 54.3 Å². The van der Waals surface area contributed by atoms with Crippen molar-refractivity contribution in [3.63, 3.8) is 0 Å². The molecule has 2 aromatic carbocycles. The molecule has 10 nitrogen and oxygen atoms in total. The highest BCUT2D eigenvalue weighted by Gasteiger charge is 2.59. The van der Waals surface area contributed by atoms with Crippen LogP contribution in [0.25, 0.3) is 6.08 Å². The molecule has 9 N–H and O–H groups in total. The van der Waals surface area contributed by atoms with Crippen LogP contribution in [0.4, 0.5) is 0 Å². The number of benzene rings is 2. The number of phenols is 1. The van der Waals surface area contributed by atoms with E-state index in [0.29, 0.717) is 37.1 Å². The summed E-state index contributed by atoms with van der Waals surface area (Å²) in [4.78, 5) is 5.04. The Morgan fingerprint density at radius 1 is 1.11 bits per heavy atom. The number of aliphatic hydroxyl groups is 6. The summed E-state index contributed by atoms with van der Waals surface area (Å²) in [6, 6.07) is 14.0. The van der Waals surface area contributed by atoms with Crippen molar-refractivity contribution in [1.29, 1.82) is 0 Å². The lowest BCUT2D eigenvalue weighted by atomic mass is 9.64. The smallest absolute Gasteiger partial charge is 0.196 e. The highest BCUT2D eigenvalue weighted by molar-refractivity contribution is 6.07. The maximum absolute atomic E-state index is 11.4. The fourth-order valence-electron chi connectivity index (χ4n) is 11.2. The molecule has 1 spiro atoms. The Labute approximate surface area is 362 Å². The van der Waals surface area contributed by atoms with Gasteiger partial charge in [-0.15, -0.1) is 16.6 Å². The second kappa shape index (κ2) is 19.7. The Morgan fingerprint density at radius 3 is 2.82 bits per heavy atom. The van der Waals surface area contributed by atoms with Crippen LogP contribution in [0, 0.1) is 41.2 Å². The third-order valence-electron chi connectivity index (χ3n) is 14.4. The third kappa shape index (κ3) is 9.86. The van der Waals surface area contributed by atoms with Gasteiger partial charge in [-0.1, -0.05) is 80.3 Å². The maximum atomic E-state index is 11.4. The molecule has 0 aromatic heterocycles. The van der Waals surface area contributed by atoms with Crippen LogP contribution >= 0.6 is 0 Å². The predicted molar refractivity (Wildman–Crippen MR) is 240 cm³/mol. The lowest BCUT2D eigenvalue weighted by molar-refractivity contribution is -0.0552. The highest BCUT2D eigenvalue weighted by Crippen LogP contribution is 2.60. The van der Waals surface area contributed by atoms with E-state index >= 15 is 0 Å². The van der Waals surface area contributed by atoms with E-state index in [0.717, 1.165) is 98.4 Å². The van der Waals surface area contributed by atoms with E-state index in [1.165, 1.54) is 18.4 Å². The molecule has 7 aliphatic rings. The Kier molecular flexibility index (Phi) is 14.1. The maximum Gasteiger partial charge on any atom is 0.196 e. The minimum Gasteiger partial charge on any atom is -0.504 e. The molecule has 0 amide bonds. The molecule has 0 radical (unpaired) electrons. The summed E-state index contributed by atoms with van der Waals surface area (Å²) in [6.45, 7) is 3.06. The number of hydrogen-bond acceptors (Lipinski definition) is 9. The van der Waals surface area contributed by atoms with Gasteiger partial charge in [0.1, 0.15) is 18.3 Å². The molecule has 328 valence electrons. The number of phenolic OH excluding ortho intramolecular Hbond substituents is 1. The molecular formula is C51H68N3O7+. The SMILES string of the molecule is C[C@H](O)CNC[C@H]1C2=C[C+]([C@@H](O)COc3cc(CC[C-]4C=C(CO)C(CCCCCC[C@H](N)C[C@@H]5C=Cc6ccccc6[C@H]5O)[OH+]4)ccc3O)N=C2[C@H]2C=C[C@@]13CCC[C@@H]3C2. The number of nitrogens with zero attached hydrogens (tertiary/aromatic N) is 1. The van der Waals surface area contributed by atoms with Crippen LogP contribution in [0.15, 0.2) is 89.0 Å². The molecule has 2 saturated carbocycles. The molecule has 2 bridgehead atoms. The summed E-state index contributed by atoms with van der Waals surface area (Å²) in [5.74, 6) is 1.49. The lowest BCUT2D eigenvalue weighted by Crippen LogP contribution is -2.41. The Hall–Kier alpha value is -3.87. The quantitative estimate of drug-likeness (QED) is 0.0314. The number of unbranched alkanes of at least 4 members (excludes halogenated alkanes) is 3. The van der Waals surface area contributed by atoms with Gasteiger partial charge in [0, 0.05) is 43.5 Å². The first-order valence-corrected chi connectivity index (χ1v) is 23.1. The Bertz CT molecular complexity index is 1970. The topological polar surface area (TPSA) is 174 Å². The first-order valence-electron chi connectivity index (χ1n) is 23.1. The number of allylic oxidation sites excluding steroid dienone is 2. The van der Waals surface area contributed by atoms with Crippen LogP contribution in [0.1, 0.15) is 107 Å². The van der Waals surface area contributed by atoms with E-state index in [4.69, 9.17) is 20.2 Å². The number of aromatic hydroxyl groups is 1. The van der Waals surface area contributed by atoms with Gasteiger partial charge in [-0.05, 0) is 93.0 Å². The van der Waals surface area contributed by atoms with Crippen molar-refractivity contribution >= 4 is 11.8 Å². The van der Waals surface area contributed by atoms with E-state index in [9.17, 15) is 25.5 Å². The van der Waals surface area contributed by atoms with Gasteiger partial charge < -0.3 is 46.1 Å². The van der Waals surface area contributed by atoms with Crippen LogP contribution in [-0.2, 0) is 6.42 Å². The van der Waals surface area contributed by atoms with Gasteiger partial charge in [-0.3, -0.25) is 0 Å². The number of aliphatic imine (C=N–C) groups is 1. The third-order valence-corrected chi connectivity index (χ3v) is 14.4. The monoisotopic (exact) mass is 835 g/mol. The van der Waals surface area contributed by atoms with Gasteiger partial charge in [0.15, 0.2) is 29.4 Å². The van der Waals surface area contributed by atoms with Gasteiger partial charge >= 0.3 is 0 Å². The van der Waals surface area contributed by atoms with Crippen molar-refractivity contribution in [1.82, 2.24) is 5.32 Å². The number of aryl methyl sites for hydroxylation is 1. The largest absolute Gasteiger partial charge is 0.504 e. The molecule has 5 aliphatic carbocycles. The normalized spacial score (nSPS) is 28.8. The zero-order valence-electron chi connectivity index (χ0n) is 35.8. The van der Waals surface area contributed by atoms with Crippen molar-refractivity contribution in [3.8, 4) is 11.5 Å². The van der Waals surface area contributed by atoms with Crippen molar-refractivity contribution in [2.45, 2.75) is 121 Å².